The first-order valence-electron chi connectivity index (χ1n) is 4.62. The van der Waals surface area contributed by atoms with E-state index in [1.54, 1.807) is 0 Å². The van der Waals surface area contributed by atoms with E-state index in [1.807, 2.05) is 12.1 Å². The van der Waals surface area contributed by atoms with E-state index in [2.05, 4.69) is 25.8 Å². The molecule has 1 heterocycles. The first-order chi connectivity index (χ1) is 6.42. The number of anilines is 1. The average molecular weight is 230 g/mol. The number of hydrogen-bond donors (Lipinski definition) is 0. The molecule has 0 atom stereocenters. The van der Waals surface area contributed by atoms with Crippen molar-refractivity contribution in [3.63, 3.8) is 0 Å². The van der Waals surface area contributed by atoms with Crippen LogP contribution >= 0.6 is 23.2 Å². The Balaban J connectivity index is 2.69. The van der Waals surface area contributed by atoms with Gasteiger partial charge < -0.3 is 4.90 Å². The molecule has 0 spiro atoms. The molecule has 0 amide bonds. The lowest BCUT2D eigenvalue weighted by Gasteiger charge is -2.19. The second-order valence-electron chi connectivity index (χ2n) is 4.52. The van der Waals surface area contributed by atoms with Gasteiger partial charge in [-0.25, -0.2) is 0 Å². The topological polar surface area (TPSA) is 3.24 Å². The molecule has 0 saturated carbocycles. The second kappa shape index (κ2) is 3.04. The Morgan fingerprint density at radius 1 is 1.29 bits per heavy atom. The van der Waals surface area contributed by atoms with E-state index in [1.165, 1.54) is 5.56 Å². The summed E-state index contributed by atoms with van der Waals surface area (Å²) in [6.45, 7) is 5.40. The number of fused-ring (bicyclic) bond motifs is 1. The molecule has 1 nitrogen and oxygen atoms in total. The summed E-state index contributed by atoms with van der Waals surface area (Å²) in [5.74, 6) is 0. The standard InChI is InChI=1S/C11H13Cl2N/c1-11(2)6-14(3)9-5-7(12)4-8(13)10(9)11/h4-5H,6H2,1-3H3. The first-order valence-corrected chi connectivity index (χ1v) is 5.38. The molecule has 0 aliphatic carbocycles. The van der Waals surface area contributed by atoms with Crippen molar-refractivity contribution in [3.05, 3.63) is 27.7 Å². The predicted octanol–water partition coefficient (Wildman–Crippen LogP) is 3.72. The molecule has 1 aromatic carbocycles. The largest absolute Gasteiger partial charge is 0.373 e. The Labute approximate surface area is 94.6 Å². The van der Waals surface area contributed by atoms with Crippen LogP contribution in [0, 0.1) is 0 Å². The summed E-state index contributed by atoms with van der Waals surface area (Å²) in [7, 11) is 2.07. The summed E-state index contributed by atoms with van der Waals surface area (Å²) in [5, 5.41) is 1.49. The molecule has 0 N–H and O–H groups in total. The van der Waals surface area contributed by atoms with Crippen LogP contribution < -0.4 is 4.90 Å². The van der Waals surface area contributed by atoms with Crippen molar-refractivity contribution in [2.75, 3.05) is 18.5 Å². The fraction of sp³-hybridized carbons (Fsp3) is 0.455. The van der Waals surface area contributed by atoms with Crippen LogP contribution in [-0.4, -0.2) is 13.6 Å². The van der Waals surface area contributed by atoms with Gasteiger partial charge in [0.2, 0.25) is 0 Å². The smallest absolute Gasteiger partial charge is 0.0479 e. The summed E-state index contributed by atoms with van der Waals surface area (Å²) in [6, 6.07) is 3.81. The van der Waals surface area contributed by atoms with Crippen molar-refractivity contribution in [3.8, 4) is 0 Å². The van der Waals surface area contributed by atoms with Crippen LogP contribution in [0.2, 0.25) is 10.0 Å². The maximum Gasteiger partial charge on any atom is 0.0479 e. The summed E-state index contributed by atoms with van der Waals surface area (Å²) >= 11 is 12.2. The molecular weight excluding hydrogens is 217 g/mol. The SMILES string of the molecule is CN1CC(C)(C)c2c(Cl)cc(Cl)cc21. The highest BCUT2D eigenvalue weighted by Crippen LogP contribution is 2.45. The van der Waals surface area contributed by atoms with E-state index in [0.29, 0.717) is 5.02 Å². The summed E-state index contributed by atoms with van der Waals surface area (Å²) < 4.78 is 0. The van der Waals surface area contributed by atoms with E-state index in [0.717, 1.165) is 17.3 Å². The van der Waals surface area contributed by atoms with Crippen molar-refractivity contribution in [2.45, 2.75) is 19.3 Å². The lowest BCUT2D eigenvalue weighted by atomic mass is 9.87. The first kappa shape index (κ1) is 10.1. The lowest BCUT2D eigenvalue weighted by molar-refractivity contribution is 0.563. The lowest BCUT2D eigenvalue weighted by Crippen LogP contribution is -2.25. The van der Waals surface area contributed by atoms with Crippen molar-refractivity contribution in [1.82, 2.24) is 0 Å². The molecule has 1 aromatic rings. The molecule has 3 heteroatoms. The molecule has 2 rings (SSSR count). The van der Waals surface area contributed by atoms with Gasteiger partial charge in [-0.2, -0.15) is 0 Å². The highest BCUT2D eigenvalue weighted by molar-refractivity contribution is 6.35. The number of rotatable bonds is 0. The molecule has 0 fully saturated rings. The normalized spacial score (nSPS) is 18.5. The van der Waals surface area contributed by atoms with E-state index < -0.39 is 0 Å². The van der Waals surface area contributed by atoms with Crippen LogP contribution in [0.4, 0.5) is 5.69 Å². The quantitative estimate of drug-likeness (QED) is 0.656. The van der Waals surface area contributed by atoms with Crippen LogP contribution in [0.5, 0.6) is 0 Å². The summed E-state index contributed by atoms with van der Waals surface area (Å²) in [6.07, 6.45) is 0. The minimum Gasteiger partial charge on any atom is -0.373 e. The van der Waals surface area contributed by atoms with E-state index in [4.69, 9.17) is 23.2 Å². The molecule has 0 unspecified atom stereocenters. The van der Waals surface area contributed by atoms with Crippen molar-refractivity contribution in [2.24, 2.45) is 0 Å². The Bertz CT molecular complexity index is 385. The van der Waals surface area contributed by atoms with Crippen molar-refractivity contribution >= 4 is 28.9 Å². The van der Waals surface area contributed by atoms with E-state index in [9.17, 15) is 0 Å². The van der Waals surface area contributed by atoms with Crippen molar-refractivity contribution < 1.29 is 0 Å². The van der Waals surface area contributed by atoms with Gasteiger partial charge in [-0.05, 0) is 12.1 Å². The minimum absolute atomic E-state index is 0.117. The molecule has 0 aromatic heterocycles. The molecule has 0 saturated heterocycles. The van der Waals surface area contributed by atoms with Gasteiger partial charge in [-0.3, -0.25) is 0 Å². The number of benzene rings is 1. The number of likely N-dealkylation sites (N-methyl/N-ethyl adjacent to an activating group) is 1. The van der Waals surface area contributed by atoms with Gasteiger partial charge in [0.25, 0.3) is 0 Å². The molecular formula is C11H13Cl2N. The Morgan fingerprint density at radius 2 is 1.93 bits per heavy atom. The molecule has 14 heavy (non-hydrogen) atoms. The van der Waals surface area contributed by atoms with Crippen LogP contribution in [0.15, 0.2) is 12.1 Å². The molecule has 0 bridgehead atoms. The zero-order valence-corrected chi connectivity index (χ0v) is 10.1. The van der Waals surface area contributed by atoms with E-state index in [-0.39, 0.29) is 5.41 Å². The predicted molar refractivity (Wildman–Crippen MR) is 62.8 cm³/mol. The summed E-state index contributed by atoms with van der Waals surface area (Å²) in [4.78, 5) is 2.20. The number of nitrogens with zero attached hydrogens (tertiary/aromatic N) is 1. The van der Waals surface area contributed by atoms with Crippen LogP contribution in [0.1, 0.15) is 19.4 Å². The van der Waals surface area contributed by atoms with Crippen LogP contribution in [0.25, 0.3) is 0 Å². The maximum atomic E-state index is 6.21. The zero-order chi connectivity index (χ0) is 10.5. The number of halogens is 2. The maximum absolute atomic E-state index is 6.21. The van der Waals surface area contributed by atoms with E-state index >= 15 is 0 Å². The van der Waals surface area contributed by atoms with Crippen molar-refractivity contribution in [1.29, 1.82) is 0 Å². The Morgan fingerprint density at radius 3 is 2.57 bits per heavy atom. The fourth-order valence-electron chi connectivity index (χ4n) is 2.29. The zero-order valence-electron chi connectivity index (χ0n) is 8.56. The van der Waals surface area contributed by atoms with Crippen LogP contribution in [0.3, 0.4) is 0 Å². The van der Waals surface area contributed by atoms with Gasteiger partial charge in [0.15, 0.2) is 0 Å². The van der Waals surface area contributed by atoms with Gasteiger partial charge in [0, 0.05) is 40.3 Å². The molecule has 1 aliphatic rings. The number of hydrogen-bond acceptors (Lipinski definition) is 1. The third kappa shape index (κ3) is 1.39. The van der Waals surface area contributed by atoms with Gasteiger partial charge in [0.1, 0.15) is 0 Å². The fourth-order valence-corrected chi connectivity index (χ4v) is 3.03. The minimum atomic E-state index is 0.117. The molecule has 0 radical (unpaired) electrons. The van der Waals surface area contributed by atoms with Gasteiger partial charge in [-0.15, -0.1) is 0 Å². The average Bonchev–Trinajstić information content (AvgIpc) is 2.21. The third-order valence-corrected chi connectivity index (χ3v) is 3.27. The van der Waals surface area contributed by atoms with Gasteiger partial charge in [-0.1, -0.05) is 37.0 Å². The Hall–Kier alpha value is -0.400. The van der Waals surface area contributed by atoms with Crippen LogP contribution in [-0.2, 0) is 5.41 Å². The third-order valence-electron chi connectivity index (χ3n) is 2.75. The highest BCUT2D eigenvalue weighted by atomic mass is 35.5. The Kier molecular flexibility index (Phi) is 2.20. The highest BCUT2D eigenvalue weighted by Gasteiger charge is 2.35. The van der Waals surface area contributed by atoms with Gasteiger partial charge >= 0.3 is 0 Å². The summed E-state index contributed by atoms with van der Waals surface area (Å²) in [5.41, 5.74) is 2.49. The second-order valence-corrected chi connectivity index (χ2v) is 5.37. The monoisotopic (exact) mass is 229 g/mol. The molecule has 1 aliphatic heterocycles. The molecule has 76 valence electrons. The van der Waals surface area contributed by atoms with Gasteiger partial charge in [0.05, 0.1) is 0 Å².